The number of ether oxygens (including phenoxy) is 1. The number of nitrogens with one attached hydrogen (secondary N) is 1. The van der Waals surface area contributed by atoms with E-state index in [0.717, 1.165) is 17.7 Å². The predicted molar refractivity (Wildman–Crippen MR) is 75.2 cm³/mol. The molecule has 1 aliphatic carbocycles. The number of carboxylic acids is 1. The molecule has 1 aliphatic rings. The first-order chi connectivity index (χ1) is 9.51. The average Bonchev–Trinajstić information content (AvgIpc) is 2.79. The second-order valence-corrected chi connectivity index (χ2v) is 6.15. The van der Waals surface area contributed by atoms with Gasteiger partial charge in [-0.3, -0.25) is 4.79 Å². The number of nitrogens with zero attached hydrogens (tertiary/aromatic N) is 1. The number of carbonyl (C=O) groups excluding carboxylic acids is 1. The van der Waals surface area contributed by atoms with Gasteiger partial charge in [0.1, 0.15) is 0 Å². The normalized spacial score (nSPS) is 22.3. The standard InChI is InChI=1S/C13H18N2O4S/c1-7-10(12(18)19-2)15-13(20-7)14-9-5-3-8(4-6-9)11(16)17/h8-9H,3-6H2,1-2H3,(H,14,15)(H,16,17). The predicted octanol–water partition coefficient (Wildman–Crippen LogP) is 2.29. The van der Waals surface area contributed by atoms with E-state index in [9.17, 15) is 9.59 Å². The van der Waals surface area contributed by atoms with E-state index in [1.165, 1.54) is 18.4 Å². The fourth-order valence-electron chi connectivity index (χ4n) is 2.40. The maximum Gasteiger partial charge on any atom is 0.357 e. The molecule has 0 unspecified atom stereocenters. The van der Waals surface area contributed by atoms with E-state index < -0.39 is 11.9 Å². The van der Waals surface area contributed by atoms with E-state index in [-0.39, 0.29) is 12.0 Å². The SMILES string of the molecule is COC(=O)c1nc(NC2CCC(C(=O)O)CC2)sc1C. The lowest BCUT2D eigenvalue weighted by molar-refractivity contribution is -0.142. The Bertz CT molecular complexity index is 506. The van der Waals surface area contributed by atoms with Crippen LogP contribution in [0.5, 0.6) is 0 Å². The molecule has 0 radical (unpaired) electrons. The van der Waals surface area contributed by atoms with Gasteiger partial charge < -0.3 is 15.2 Å². The molecule has 0 saturated heterocycles. The van der Waals surface area contributed by atoms with Crippen molar-refractivity contribution in [2.24, 2.45) is 5.92 Å². The number of carboxylic acid groups (broad SMARTS) is 1. The van der Waals surface area contributed by atoms with Crippen molar-refractivity contribution in [1.29, 1.82) is 0 Å². The molecule has 0 bridgehead atoms. The highest BCUT2D eigenvalue weighted by molar-refractivity contribution is 7.15. The van der Waals surface area contributed by atoms with Crippen LogP contribution in [-0.4, -0.2) is 35.2 Å². The molecule has 110 valence electrons. The van der Waals surface area contributed by atoms with Gasteiger partial charge >= 0.3 is 11.9 Å². The summed E-state index contributed by atoms with van der Waals surface area (Å²) in [5, 5.41) is 12.9. The van der Waals surface area contributed by atoms with Crippen LogP contribution in [0.2, 0.25) is 0 Å². The lowest BCUT2D eigenvalue weighted by Gasteiger charge is -2.26. The van der Waals surface area contributed by atoms with Crippen molar-refractivity contribution in [3.05, 3.63) is 10.6 Å². The first-order valence-corrected chi connectivity index (χ1v) is 7.38. The molecule has 0 spiro atoms. The number of rotatable bonds is 4. The third-order valence-corrected chi connectivity index (χ3v) is 4.48. The molecule has 0 atom stereocenters. The fourth-order valence-corrected chi connectivity index (χ4v) is 3.28. The van der Waals surface area contributed by atoms with E-state index in [2.05, 4.69) is 15.0 Å². The van der Waals surface area contributed by atoms with Crippen molar-refractivity contribution in [3.8, 4) is 0 Å². The van der Waals surface area contributed by atoms with Crippen LogP contribution in [0.25, 0.3) is 0 Å². The lowest BCUT2D eigenvalue weighted by atomic mass is 9.86. The average molecular weight is 298 g/mol. The number of anilines is 1. The quantitative estimate of drug-likeness (QED) is 0.829. The first-order valence-electron chi connectivity index (χ1n) is 6.56. The smallest absolute Gasteiger partial charge is 0.357 e. The molecule has 1 fully saturated rings. The zero-order valence-electron chi connectivity index (χ0n) is 11.5. The van der Waals surface area contributed by atoms with E-state index in [1.807, 2.05) is 6.92 Å². The Hall–Kier alpha value is -1.63. The molecule has 1 saturated carbocycles. The van der Waals surface area contributed by atoms with Gasteiger partial charge in [-0.2, -0.15) is 0 Å². The Morgan fingerprint density at radius 2 is 2.00 bits per heavy atom. The Kier molecular flexibility index (Phi) is 4.59. The van der Waals surface area contributed by atoms with E-state index in [4.69, 9.17) is 5.11 Å². The fraction of sp³-hybridized carbons (Fsp3) is 0.615. The summed E-state index contributed by atoms with van der Waals surface area (Å²) in [5.41, 5.74) is 0.347. The third-order valence-electron chi connectivity index (χ3n) is 3.58. The number of hydrogen-bond donors (Lipinski definition) is 2. The van der Waals surface area contributed by atoms with Crippen molar-refractivity contribution < 1.29 is 19.4 Å². The maximum atomic E-state index is 11.5. The van der Waals surface area contributed by atoms with Crippen LogP contribution in [0.1, 0.15) is 41.0 Å². The summed E-state index contributed by atoms with van der Waals surface area (Å²) in [6.45, 7) is 1.83. The maximum absolute atomic E-state index is 11.5. The number of thiazole rings is 1. The first kappa shape index (κ1) is 14.8. The summed E-state index contributed by atoms with van der Waals surface area (Å²) >= 11 is 1.42. The summed E-state index contributed by atoms with van der Waals surface area (Å²) in [4.78, 5) is 27.4. The van der Waals surface area contributed by atoms with Crippen LogP contribution in [0.3, 0.4) is 0 Å². The summed E-state index contributed by atoms with van der Waals surface area (Å²) in [7, 11) is 1.33. The summed E-state index contributed by atoms with van der Waals surface area (Å²) in [6.07, 6.45) is 2.98. The summed E-state index contributed by atoms with van der Waals surface area (Å²) in [5.74, 6) is -1.36. The van der Waals surface area contributed by atoms with Crippen LogP contribution in [-0.2, 0) is 9.53 Å². The van der Waals surface area contributed by atoms with Gasteiger partial charge in [-0.15, -0.1) is 11.3 Å². The molecule has 2 N–H and O–H groups in total. The topological polar surface area (TPSA) is 88.5 Å². The minimum atomic E-state index is -0.707. The van der Waals surface area contributed by atoms with Gasteiger partial charge in [0.15, 0.2) is 10.8 Å². The van der Waals surface area contributed by atoms with Crippen LogP contribution >= 0.6 is 11.3 Å². The Labute approximate surface area is 121 Å². The van der Waals surface area contributed by atoms with Gasteiger partial charge in [0.25, 0.3) is 0 Å². The van der Waals surface area contributed by atoms with Gasteiger partial charge in [-0.25, -0.2) is 9.78 Å². The molecule has 2 rings (SSSR count). The monoisotopic (exact) mass is 298 g/mol. The molecule has 0 aliphatic heterocycles. The van der Waals surface area contributed by atoms with Crippen molar-refractivity contribution in [1.82, 2.24) is 4.98 Å². The third kappa shape index (κ3) is 3.27. The number of aliphatic carboxylic acids is 1. The molecular formula is C13H18N2O4S. The number of aromatic nitrogens is 1. The minimum absolute atomic E-state index is 0.224. The minimum Gasteiger partial charge on any atom is -0.481 e. The number of hydrogen-bond acceptors (Lipinski definition) is 6. The highest BCUT2D eigenvalue weighted by Gasteiger charge is 2.26. The van der Waals surface area contributed by atoms with Crippen LogP contribution in [0.4, 0.5) is 5.13 Å². The Morgan fingerprint density at radius 1 is 1.35 bits per heavy atom. The number of carbonyl (C=O) groups is 2. The van der Waals surface area contributed by atoms with E-state index >= 15 is 0 Å². The highest BCUT2D eigenvalue weighted by Crippen LogP contribution is 2.29. The lowest BCUT2D eigenvalue weighted by Crippen LogP contribution is -2.29. The molecule has 0 aromatic carbocycles. The molecular weight excluding hydrogens is 280 g/mol. The Morgan fingerprint density at radius 3 is 2.55 bits per heavy atom. The van der Waals surface area contributed by atoms with E-state index in [1.54, 1.807) is 0 Å². The zero-order chi connectivity index (χ0) is 14.7. The van der Waals surface area contributed by atoms with Gasteiger partial charge in [-0.05, 0) is 32.6 Å². The van der Waals surface area contributed by atoms with Crippen LogP contribution in [0, 0.1) is 12.8 Å². The van der Waals surface area contributed by atoms with E-state index in [0.29, 0.717) is 23.7 Å². The van der Waals surface area contributed by atoms with Crippen molar-refractivity contribution in [3.63, 3.8) is 0 Å². The number of esters is 1. The molecule has 1 aromatic heterocycles. The van der Waals surface area contributed by atoms with Crippen LogP contribution in [0.15, 0.2) is 0 Å². The second-order valence-electron chi connectivity index (χ2n) is 4.95. The molecule has 20 heavy (non-hydrogen) atoms. The molecule has 6 nitrogen and oxygen atoms in total. The van der Waals surface area contributed by atoms with Gasteiger partial charge in [-0.1, -0.05) is 0 Å². The second kappa shape index (κ2) is 6.21. The molecule has 1 heterocycles. The van der Waals surface area contributed by atoms with Crippen molar-refractivity contribution >= 4 is 28.4 Å². The Balaban J connectivity index is 1.95. The van der Waals surface area contributed by atoms with Gasteiger partial charge in [0, 0.05) is 10.9 Å². The van der Waals surface area contributed by atoms with Crippen molar-refractivity contribution in [2.75, 3.05) is 12.4 Å². The molecule has 7 heteroatoms. The van der Waals surface area contributed by atoms with Crippen LogP contribution < -0.4 is 5.32 Å². The molecule has 0 amide bonds. The summed E-state index contributed by atoms with van der Waals surface area (Å²) in [6, 6.07) is 0.224. The van der Waals surface area contributed by atoms with Crippen molar-refractivity contribution in [2.45, 2.75) is 38.6 Å². The number of methoxy groups -OCH3 is 1. The number of aryl methyl sites for hydroxylation is 1. The zero-order valence-corrected chi connectivity index (χ0v) is 12.3. The van der Waals surface area contributed by atoms with Gasteiger partial charge in [0.2, 0.25) is 0 Å². The largest absolute Gasteiger partial charge is 0.481 e. The molecule has 1 aromatic rings. The summed E-state index contributed by atoms with van der Waals surface area (Å²) < 4.78 is 4.67. The van der Waals surface area contributed by atoms with Gasteiger partial charge in [0.05, 0.1) is 13.0 Å². The highest BCUT2D eigenvalue weighted by atomic mass is 32.1.